The van der Waals surface area contributed by atoms with Gasteiger partial charge in [-0.15, -0.1) is 0 Å². The number of benzene rings is 1. The molecule has 0 aliphatic heterocycles. The van der Waals surface area contributed by atoms with Gasteiger partial charge in [0.2, 0.25) is 5.91 Å². The van der Waals surface area contributed by atoms with Crippen molar-refractivity contribution in [2.24, 2.45) is 0 Å². The number of anilines is 2. The fourth-order valence-corrected chi connectivity index (χ4v) is 2.05. The number of nitrogens with one attached hydrogen (secondary N) is 1. The van der Waals surface area contributed by atoms with E-state index < -0.39 is 0 Å². The molecule has 1 unspecified atom stereocenters. The van der Waals surface area contributed by atoms with E-state index in [9.17, 15) is 4.79 Å². The molecule has 4 nitrogen and oxygen atoms in total. The van der Waals surface area contributed by atoms with Crippen LogP contribution in [-0.4, -0.2) is 18.6 Å². The van der Waals surface area contributed by atoms with Gasteiger partial charge in [0.15, 0.2) is 0 Å². The lowest BCUT2D eigenvalue weighted by Crippen LogP contribution is -2.14. The van der Waals surface area contributed by atoms with Crippen molar-refractivity contribution in [3.8, 4) is 0 Å². The summed E-state index contributed by atoms with van der Waals surface area (Å²) in [7, 11) is 0. The summed E-state index contributed by atoms with van der Waals surface area (Å²) in [6, 6.07) is 5.48. The smallest absolute Gasteiger partial charge is 0.224 e. The minimum absolute atomic E-state index is 0.0182. The molecule has 0 fully saturated rings. The number of rotatable bonds is 8. The van der Waals surface area contributed by atoms with Crippen LogP contribution in [0.3, 0.4) is 0 Å². The molecule has 0 aliphatic carbocycles. The Hall–Kier alpha value is -1.55. The van der Waals surface area contributed by atoms with Crippen molar-refractivity contribution in [1.82, 2.24) is 0 Å². The molecule has 1 aromatic rings. The van der Waals surface area contributed by atoms with Crippen LogP contribution in [0.5, 0.6) is 0 Å². The Bertz CT molecular complexity index is 432. The first-order chi connectivity index (χ1) is 9.52. The minimum atomic E-state index is 0.0182. The normalized spacial score (nSPS) is 12.2. The second-order valence-electron chi connectivity index (χ2n) is 5.20. The third-order valence-corrected chi connectivity index (χ3v) is 3.17. The number of ether oxygens (including phenoxy) is 1. The van der Waals surface area contributed by atoms with Gasteiger partial charge in [-0.1, -0.05) is 13.3 Å². The lowest BCUT2D eigenvalue weighted by atomic mass is 10.1. The van der Waals surface area contributed by atoms with Crippen LogP contribution in [0.1, 0.15) is 45.1 Å². The molecule has 20 heavy (non-hydrogen) atoms. The molecule has 0 bridgehead atoms. The standard InChI is InChI=1S/C16H26N2O2/c1-4-6-13(3)20-10-5-7-16(19)18-15-9-8-14(17)11-12(15)2/h8-9,11,13H,4-7,10,17H2,1-3H3,(H,18,19). The van der Waals surface area contributed by atoms with Crippen molar-refractivity contribution in [2.75, 3.05) is 17.7 Å². The van der Waals surface area contributed by atoms with E-state index in [0.29, 0.717) is 18.7 Å². The van der Waals surface area contributed by atoms with Gasteiger partial charge in [-0.2, -0.15) is 0 Å². The average molecular weight is 278 g/mol. The number of carbonyl (C=O) groups is 1. The topological polar surface area (TPSA) is 64.3 Å². The number of nitrogens with two attached hydrogens (primary N) is 1. The molecule has 1 amide bonds. The van der Waals surface area contributed by atoms with Gasteiger partial charge in [-0.3, -0.25) is 4.79 Å². The SMILES string of the molecule is CCCC(C)OCCCC(=O)Nc1ccc(N)cc1C. The van der Waals surface area contributed by atoms with Gasteiger partial charge >= 0.3 is 0 Å². The first-order valence-corrected chi connectivity index (χ1v) is 7.30. The summed E-state index contributed by atoms with van der Waals surface area (Å²) in [4.78, 5) is 11.8. The fourth-order valence-electron chi connectivity index (χ4n) is 2.05. The first-order valence-electron chi connectivity index (χ1n) is 7.30. The molecule has 3 N–H and O–H groups in total. The van der Waals surface area contributed by atoms with Crippen LogP contribution in [0.2, 0.25) is 0 Å². The van der Waals surface area contributed by atoms with E-state index in [-0.39, 0.29) is 12.0 Å². The van der Waals surface area contributed by atoms with Crippen LogP contribution in [-0.2, 0) is 9.53 Å². The highest BCUT2D eigenvalue weighted by atomic mass is 16.5. The highest BCUT2D eigenvalue weighted by molar-refractivity contribution is 5.91. The minimum Gasteiger partial charge on any atom is -0.399 e. The molecule has 112 valence electrons. The molecule has 0 saturated heterocycles. The summed E-state index contributed by atoms with van der Waals surface area (Å²) in [5.41, 5.74) is 8.19. The molecule has 4 heteroatoms. The molecule has 0 spiro atoms. The maximum Gasteiger partial charge on any atom is 0.224 e. The summed E-state index contributed by atoms with van der Waals surface area (Å²) in [6.45, 7) is 6.78. The van der Waals surface area contributed by atoms with Crippen molar-refractivity contribution in [3.63, 3.8) is 0 Å². The fraction of sp³-hybridized carbons (Fsp3) is 0.562. The summed E-state index contributed by atoms with van der Waals surface area (Å²) in [5.74, 6) is 0.0182. The van der Waals surface area contributed by atoms with Gasteiger partial charge in [0.1, 0.15) is 0 Å². The molecule has 0 aromatic heterocycles. The number of nitrogen functional groups attached to an aromatic ring is 1. The van der Waals surface area contributed by atoms with Crippen molar-refractivity contribution < 1.29 is 9.53 Å². The number of carbonyl (C=O) groups excluding carboxylic acids is 1. The Labute approximate surface area is 121 Å². The zero-order chi connectivity index (χ0) is 15.0. The monoisotopic (exact) mass is 278 g/mol. The molecule has 0 aliphatic rings. The zero-order valence-corrected chi connectivity index (χ0v) is 12.7. The van der Waals surface area contributed by atoms with E-state index in [2.05, 4.69) is 19.2 Å². The third kappa shape index (κ3) is 6.06. The zero-order valence-electron chi connectivity index (χ0n) is 12.7. The van der Waals surface area contributed by atoms with Gasteiger partial charge < -0.3 is 15.8 Å². The van der Waals surface area contributed by atoms with E-state index in [1.165, 1.54) is 0 Å². The molecule has 1 aromatic carbocycles. The molecule has 0 saturated carbocycles. The summed E-state index contributed by atoms with van der Waals surface area (Å²) >= 11 is 0. The van der Waals surface area contributed by atoms with Crippen LogP contribution in [0.15, 0.2) is 18.2 Å². The molecule has 1 atom stereocenters. The highest BCUT2D eigenvalue weighted by Crippen LogP contribution is 2.17. The van der Waals surface area contributed by atoms with Crippen LogP contribution < -0.4 is 11.1 Å². The molecular weight excluding hydrogens is 252 g/mol. The average Bonchev–Trinajstić information content (AvgIpc) is 2.38. The molecule has 1 rings (SSSR count). The Morgan fingerprint density at radius 2 is 2.20 bits per heavy atom. The van der Waals surface area contributed by atoms with Gasteiger partial charge in [-0.25, -0.2) is 0 Å². The Kier molecular flexibility index (Phi) is 7.09. The Morgan fingerprint density at radius 3 is 2.85 bits per heavy atom. The summed E-state index contributed by atoms with van der Waals surface area (Å²) < 4.78 is 5.63. The number of hydrogen-bond donors (Lipinski definition) is 2. The van der Waals surface area contributed by atoms with Crippen molar-refractivity contribution >= 4 is 17.3 Å². The van der Waals surface area contributed by atoms with Crippen molar-refractivity contribution in [3.05, 3.63) is 23.8 Å². The van der Waals surface area contributed by atoms with E-state index in [4.69, 9.17) is 10.5 Å². The van der Waals surface area contributed by atoms with Gasteiger partial charge in [0.25, 0.3) is 0 Å². The Morgan fingerprint density at radius 1 is 1.45 bits per heavy atom. The van der Waals surface area contributed by atoms with Crippen molar-refractivity contribution in [1.29, 1.82) is 0 Å². The predicted molar refractivity (Wildman–Crippen MR) is 83.8 cm³/mol. The summed E-state index contributed by atoms with van der Waals surface area (Å²) in [6.07, 6.45) is 3.69. The van der Waals surface area contributed by atoms with E-state index in [1.807, 2.05) is 19.1 Å². The number of hydrogen-bond acceptors (Lipinski definition) is 3. The number of aryl methyl sites for hydroxylation is 1. The highest BCUT2D eigenvalue weighted by Gasteiger charge is 2.06. The van der Waals surface area contributed by atoms with Crippen LogP contribution in [0.4, 0.5) is 11.4 Å². The maximum absolute atomic E-state index is 11.8. The largest absolute Gasteiger partial charge is 0.399 e. The van der Waals surface area contributed by atoms with E-state index in [1.54, 1.807) is 6.07 Å². The molecule has 0 heterocycles. The van der Waals surface area contributed by atoms with E-state index >= 15 is 0 Å². The Balaban J connectivity index is 2.26. The quantitative estimate of drug-likeness (QED) is 0.565. The summed E-state index contributed by atoms with van der Waals surface area (Å²) in [5, 5.41) is 2.90. The second-order valence-corrected chi connectivity index (χ2v) is 5.20. The van der Waals surface area contributed by atoms with Gasteiger partial charge in [0, 0.05) is 24.4 Å². The first kappa shape index (κ1) is 16.5. The number of amides is 1. The lowest BCUT2D eigenvalue weighted by Gasteiger charge is -2.12. The predicted octanol–water partition coefficient (Wildman–Crippen LogP) is 3.50. The van der Waals surface area contributed by atoms with Crippen LogP contribution in [0.25, 0.3) is 0 Å². The van der Waals surface area contributed by atoms with Gasteiger partial charge in [-0.05, 0) is 50.5 Å². The molecular formula is C16H26N2O2. The third-order valence-electron chi connectivity index (χ3n) is 3.17. The van der Waals surface area contributed by atoms with E-state index in [0.717, 1.165) is 30.5 Å². The van der Waals surface area contributed by atoms with Crippen LogP contribution in [0, 0.1) is 6.92 Å². The van der Waals surface area contributed by atoms with Crippen LogP contribution >= 0.6 is 0 Å². The van der Waals surface area contributed by atoms with Crippen molar-refractivity contribution in [2.45, 2.75) is 52.6 Å². The lowest BCUT2D eigenvalue weighted by molar-refractivity contribution is -0.116. The maximum atomic E-state index is 11.8. The van der Waals surface area contributed by atoms with Gasteiger partial charge in [0.05, 0.1) is 6.10 Å². The second kappa shape index (κ2) is 8.59. The molecule has 0 radical (unpaired) electrons.